The van der Waals surface area contributed by atoms with Crippen molar-refractivity contribution in [2.24, 2.45) is 18.7 Å². The minimum Gasteiger partial charge on any atom is -0.337 e. The average molecular weight is 197 g/mol. The van der Waals surface area contributed by atoms with E-state index in [2.05, 4.69) is 4.98 Å². The largest absolute Gasteiger partial charge is 0.337 e. The minimum atomic E-state index is 0.120. The second-order valence-corrected chi connectivity index (χ2v) is 4.70. The van der Waals surface area contributed by atoms with Gasteiger partial charge >= 0.3 is 0 Å². The van der Waals surface area contributed by atoms with E-state index in [1.807, 2.05) is 35.8 Å². The first-order chi connectivity index (χ1) is 6.29. The highest BCUT2D eigenvalue weighted by atomic mass is 32.2. The van der Waals surface area contributed by atoms with E-state index in [1.54, 1.807) is 0 Å². The second-order valence-electron chi connectivity index (χ2n) is 3.55. The molecule has 1 saturated heterocycles. The Morgan fingerprint density at radius 1 is 1.77 bits per heavy atom. The highest BCUT2D eigenvalue weighted by molar-refractivity contribution is 7.99. The Bertz CT molecular complexity index is 278. The van der Waals surface area contributed by atoms with Gasteiger partial charge in [0.25, 0.3) is 0 Å². The maximum atomic E-state index is 6.15. The van der Waals surface area contributed by atoms with Crippen LogP contribution in [0.1, 0.15) is 18.3 Å². The molecule has 0 aromatic carbocycles. The molecule has 4 heteroatoms. The molecule has 2 heterocycles. The van der Waals surface area contributed by atoms with Crippen LogP contribution in [0.4, 0.5) is 0 Å². The van der Waals surface area contributed by atoms with Crippen molar-refractivity contribution in [1.29, 1.82) is 0 Å². The van der Waals surface area contributed by atoms with Gasteiger partial charge in [-0.1, -0.05) is 0 Å². The molecule has 0 saturated carbocycles. The zero-order chi connectivity index (χ0) is 9.26. The number of thioether (sulfide) groups is 1. The number of aryl methyl sites for hydroxylation is 1. The van der Waals surface area contributed by atoms with Crippen molar-refractivity contribution in [2.75, 3.05) is 11.5 Å². The lowest BCUT2D eigenvalue weighted by Gasteiger charge is -2.17. The Balaban J connectivity index is 2.12. The summed E-state index contributed by atoms with van der Waals surface area (Å²) in [6, 6.07) is 0.120. The molecule has 2 rings (SSSR count). The van der Waals surface area contributed by atoms with Crippen LogP contribution in [0.5, 0.6) is 0 Å². The summed E-state index contributed by atoms with van der Waals surface area (Å²) in [4.78, 5) is 4.29. The number of hydrogen-bond acceptors (Lipinski definition) is 3. The van der Waals surface area contributed by atoms with Gasteiger partial charge in [-0.25, -0.2) is 4.98 Å². The lowest BCUT2D eigenvalue weighted by Crippen LogP contribution is -2.24. The number of nitrogens with two attached hydrogens (primary N) is 1. The van der Waals surface area contributed by atoms with Crippen LogP contribution < -0.4 is 5.73 Å². The van der Waals surface area contributed by atoms with E-state index in [0.717, 1.165) is 5.82 Å². The van der Waals surface area contributed by atoms with Crippen molar-refractivity contribution in [1.82, 2.24) is 9.55 Å². The van der Waals surface area contributed by atoms with Crippen molar-refractivity contribution in [3.05, 3.63) is 18.2 Å². The summed E-state index contributed by atoms with van der Waals surface area (Å²) in [5.41, 5.74) is 6.15. The quantitative estimate of drug-likeness (QED) is 0.774. The normalized spacial score (nSPS) is 24.9. The van der Waals surface area contributed by atoms with Gasteiger partial charge in [-0.15, -0.1) is 0 Å². The number of hydrogen-bond donors (Lipinski definition) is 1. The molecule has 13 heavy (non-hydrogen) atoms. The molecule has 2 unspecified atom stereocenters. The number of aromatic nitrogens is 2. The highest BCUT2D eigenvalue weighted by Gasteiger charge is 2.25. The summed E-state index contributed by atoms with van der Waals surface area (Å²) in [7, 11) is 2.00. The molecule has 1 aromatic rings. The molecular weight excluding hydrogens is 182 g/mol. The fourth-order valence-electron chi connectivity index (χ4n) is 1.75. The molecule has 0 spiro atoms. The first-order valence-electron chi connectivity index (χ1n) is 4.59. The first-order valence-corrected chi connectivity index (χ1v) is 5.75. The van der Waals surface area contributed by atoms with Crippen LogP contribution in [-0.4, -0.2) is 21.1 Å². The summed E-state index contributed by atoms with van der Waals surface area (Å²) >= 11 is 2.00. The lowest BCUT2D eigenvalue weighted by molar-refractivity contribution is 0.452. The smallest absolute Gasteiger partial charge is 0.125 e. The highest BCUT2D eigenvalue weighted by Crippen LogP contribution is 2.31. The summed E-state index contributed by atoms with van der Waals surface area (Å²) < 4.78 is 2.02. The average Bonchev–Trinajstić information content (AvgIpc) is 2.72. The van der Waals surface area contributed by atoms with Crippen LogP contribution in [0, 0.1) is 5.92 Å². The van der Waals surface area contributed by atoms with E-state index >= 15 is 0 Å². The monoisotopic (exact) mass is 197 g/mol. The Hall–Kier alpha value is -0.480. The van der Waals surface area contributed by atoms with Gasteiger partial charge in [0, 0.05) is 19.4 Å². The van der Waals surface area contributed by atoms with Gasteiger partial charge in [0.1, 0.15) is 5.82 Å². The van der Waals surface area contributed by atoms with E-state index in [4.69, 9.17) is 5.73 Å². The second kappa shape index (κ2) is 3.72. The topological polar surface area (TPSA) is 43.8 Å². The van der Waals surface area contributed by atoms with E-state index in [0.29, 0.717) is 5.92 Å². The first kappa shape index (κ1) is 9.09. The molecule has 1 aliphatic rings. The van der Waals surface area contributed by atoms with Gasteiger partial charge in [-0.2, -0.15) is 11.8 Å². The Morgan fingerprint density at radius 3 is 3.15 bits per heavy atom. The third kappa shape index (κ3) is 1.74. The molecule has 3 nitrogen and oxygen atoms in total. The molecule has 0 radical (unpaired) electrons. The van der Waals surface area contributed by atoms with Crippen molar-refractivity contribution >= 4 is 11.8 Å². The van der Waals surface area contributed by atoms with Gasteiger partial charge in [0.05, 0.1) is 6.04 Å². The van der Waals surface area contributed by atoms with Gasteiger partial charge in [-0.05, 0) is 23.8 Å². The standard InChI is InChI=1S/C9H15N3S/c1-12-4-3-11-9(12)8(10)7-2-5-13-6-7/h3-4,7-8H,2,5-6,10H2,1H3. The molecule has 72 valence electrons. The molecule has 1 aliphatic heterocycles. The lowest BCUT2D eigenvalue weighted by atomic mass is 9.99. The molecule has 0 amide bonds. The van der Waals surface area contributed by atoms with Gasteiger partial charge in [-0.3, -0.25) is 0 Å². The molecule has 2 atom stereocenters. The van der Waals surface area contributed by atoms with Crippen molar-refractivity contribution in [3.63, 3.8) is 0 Å². The molecular formula is C9H15N3S. The third-order valence-corrected chi connectivity index (χ3v) is 3.82. The van der Waals surface area contributed by atoms with Crippen LogP contribution in [-0.2, 0) is 7.05 Å². The maximum absolute atomic E-state index is 6.15. The van der Waals surface area contributed by atoms with E-state index < -0.39 is 0 Å². The molecule has 1 fully saturated rings. The van der Waals surface area contributed by atoms with Crippen LogP contribution in [0.25, 0.3) is 0 Å². The van der Waals surface area contributed by atoms with Gasteiger partial charge < -0.3 is 10.3 Å². The fraction of sp³-hybridized carbons (Fsp3) is 0.667. The summed E-state index contributed by atoms with van der Waals surface area (Å²) in [6.45, 7) is 0. The van der Waals surface area contributed by atoms with Crippen LogP contribution >= 0.6 is 11.8 Å². The predicted octanol–water partition coefficient (Wildman–Crippen LogP) is 1.17. The van der Waals surface area contributed by atoms with Crippen molar-refractivity contribution < 1.29 is 0 Å². The molecule has 1 aromatic heterocycles. The molecule has 0 aliphatic carbocycles. The van der Waals surface area contributed by atoms with Gasteiger partial charge in [0.15, 0.2) is 0 Å². The third-order valence-electron chi connectivity index (χ3n) is 2.63. The summed E-state index contributed by atoms with van der Waals surface area (Å²) in [5, 5.41) is 0. The molecule has 0 bridgehead atoms. The van der Waals surface area contributed by atoms with Gasteiger partial charge in [0.2, 0.25) is 0 Å². The Morgan fingerprint density at radius 2 is 2.62 bits per heavy atom. The Labute approximate surface area is 82.7 Å². The van der Waals surface area contributed by atoms with Crippen molar-refractivity contribution in [2.45, 2.75) is 12.5 Å². The van der Waals surface area contributed by atoms with Crippen LogP contribution in [0.2, 0.25) is 0 Å². The predicted molar refractivity (Wildman–Crippen MR) is 55.6 cm³/mol. The van der Waals surface area contributed by atoms with E-state index in [-0.39, 0.29) is 6.04 Å². The van der Waals surface area contributed by atoms with Crippen LogP contribution in [0.3, 0.4) is 0 Å². The number of nitrogens with zero attached hydrogens (tertiary/aromatic N) is 2. The van der Waals surface area contributed by atoms with Crippen LogP contribution in [0.15, 0.2) is 12.4 Å². The zero-order valence-corrected chi connectivity index (χ0v) is 8.63. The molecule has 2 N–H and O–H groups in total. The fourth-order valence-corrected chi connectivity index (χ4v) is 3.06. The van der Waals surface area contributed by atoms with E-state index in [9.17, 15) is 0 Å². The summed E-state index contributed by atoms with van der Waals surface area (Å²) in [6.07, 6.45) is 5.01. The number of imidazole rings is 1. The summed E-state index contributed by atoms with van der Waals surface area (Å²) in [5.74, 6) is 4.08. The van der Waals surface area contributed by atoms with Crippen molar-refractivity contribution in [3.8, 4) is 0 Å². The minimum absolute atomic E-state index is 0.120. The SMILES string of the molecule is Cn1ccnc1C(N)C1CCSC1. The van der Waals surface area contributed by atoms with E-state index in [1.165, 1.54) is 17.9 Å². The Kier molecular flexibility index (Phi) is 2.60. The number of rotatable bonds is 2. The zero-order valence-electron chi connectivity index (χ0n) is 7.81. The maximum Gasteiger partial charge on any atom is 0.125 e.